The van der Waals surface area contributed by atoms with Crippen molar-refractivity contribution in [3.63, 3.8) is 0 Å². The van der Waals surface area contributed by atoms with Gasteiger partial charge in [0.15, 0.2) is 0 Å². The van der Waals surface area contributed by atoms with Gasteiger partial charge in [-0.3, -0.25) is 4.79 Å². The molecule has 1 saturated carbocycles. The van der Waals surface area contributed by atoms with Crippen LogP contribution in [0.15, 0.2) is 41.8 Å². The SMILES string of the molecule is O=C(Cc1cccs1)N(Cc1ccc(C(F)(F)F)cc1)C1CC1. The Morgan fingerprint density at radius 3 is 2.39 bits per heavy atom. The molecule has 6 heteroatoms. The lowest BCUT2D eigenvalue weighted by molar-refractivity contribution is -0.137. The van der Waals surface area contributed by atoms with Gasteiger partial charge in [-0.15, -0.1) is 11.3 Å². The van der Waals surface area contributed by atoms with Crippen molar-refractivity contribution in [2.45, 2.75) is 38.0 Å². The van der Waals surface area contributed by atoms with Gasteiger partial charge in [0, 0.05) is 17.5 Å². The molecule has 1 aromatic heterocycles. The highest BCUT2D eigenvalue weighted by atomic mass is 32.1. The topological polar surface area (TPSA) is 20.3 Å². The number of hydrogen-bond donors (Lipinski definition) is 0. The van der Waals surface area contributed by atoms with Gasteiger partial charge in [-0.05, 0) is 42.0 Å². The molecule has 0 spiro atoms. The minimum absolute atomic E-state index is 0.0369. The molecule has 0 bridgehead atoms. The Kier molecular flexibility index (Phi) is 4.43. The summed E-state index contributed by atoms with van der Waals surface area (Å²) in [5.41, 5.74) is 0.0635. The van der Waals surface area contributed by atoms with Gasteiger partial charge in [0.05, 0.1) is 12.0 Å². The van der Waals surface area contributed by atoms with Crippen molar-refractivity contribution in [3.05, 3.63) is 57.8 Å². The van der Waals surface area contributed by atoms with Gasteiger partial charge in [-0.25, -0.2) is 0 Å². The van der Waals surface area contributed by atoms with Gasteiger partial charge < -0.3 is 4.90 Å². The standard InChI is InChI=1S/C17H16F3NOS/c18-17(19,20)13-5-3-12(4-6-13)11-21(14-7-8-14)16(22)10-15-2-1-9-23-15/h1-6,9,14H,7-8,10-11H2. The molecular formula is C17H16F3NOS. The quantitative estimate of drug-likeness (QED) is 0.785. The molecule has 0 radical (unpaired) electrons. The minimum Gasteiger partial charge on any atom is -0.335 e. The Morgan fingerprint density at radius 2 is 1.87 bits per heavy atom. The molecule has 23 heavy (non-hydrogen) atoms. The van der Waals surface area contributed by atoms with E-state index in [0.717, 1.165) is 35.4 Å². The van der Waals surface area contributed by atoms with Crippen LogP contribution < -0.4 is 0 Å². The number of alkyl halides is 3. The zero-order valence-electron chi connectivity index (χ0n) is 12.3. The van der Waals surface area contributed by atoms with E-state index in [0.29, 0.717) is 13.0 Å². The third kappa shape index (κ3) is 4.13. The Labute approximate surface area is 136 Å². The zero-order valence-corrected chi connectivity index (χ0v) is 13.2. The lowest BCUT2D eigenvalue weighted by atomic mass is 10.1. The van der Waals surface area contributed by atoms with E-state index in [1.165, 1.54) is 23.5 Å². The molecule has 0 saturated heterocycles. The van der Waals surface area contributed by atoms with Gasteiger partial charge in [0.2, 0.25) is 5.91 Å². The molecule has 1 fully saturated rings. The number of amides is 1. The Hall–Kier alpha value is -1.82. The number of nitrogens with zero attached hydrogens (tertiary/aromatic N) is 1. The van der Waals surface area contributed by atoms with Crippen molar-refractivity contribution in [1.29, 1.82) is 0 Å². The van der Waals surface area contributed by atoms with Crippen LogP contribution in [0.1, 0.15) is 28.8 Å². The van der Waals surface area contributed by atoms with Crippen molar-refractivity contribution in [1.82, 2.24) is 4.90 Å². The first-order valence-electron chi connectivity index (χ1n) is 7.41. The average Bonchev–Trinajstić information content (AvgIpc) is 3.21. The molecular weight excluding hydrogens is 323 g/mol. The van der Waals surface area contributed by atoms with Crippen LogP contribution in [0.2, 0.25) is 0 Å². The molecule has 1 aromatic carbocycles. The summed E-state index contributed by atoms with van der Waals surface area (Å²) in [6.07, 6.45) is -2.04. The number of halogens is 3. The van der Waals surface area contributed by atoms with E-state index in [-0.39, 0.29) is 11.9 Å². The lowest BCUT2D eigenvalue weighted by Crippen LogP contribution is -2.33. The fourth-order valence-corrected chi connectivity index (χ4v) is 3.16. The van der Waals surface area contributed by atoms with Crippen LogP contribution in [0.5, 0.6) is 0 Å². The summed E-state index contributed by atoms with van der Waals surface area (Å²) in [5.74, 6) is 0.0369. The molecule has 1 aliphatic rings. The monoisotopic (exact) mass is 339 g/mol. The minimum atomic E-state index is -4.33. The number of carbonyl (C=O) groups excluding carboxylic acids is 1. The lowest BCUT2D eigenvalue weighted by Gasteiger charge is -2.22. The fraction of sp³-hybridized carbons (Fsp3) is 0.353. The van der Waals surface area contributed by atoms with Gasteiger partial charge in [-0.2, -0.15) is 13.2 Å². The number of rotatable bonds is 5. The smallest absolute Gasteiger partial charge is 0.335 e. The van der Waals surface area contributed by atoms with E-state index in [4.69, 9.17) is 0 Å². The van der Waals surface area contributed by atoms with Crippen LogP contribution in [0.3, 0.4) is 0 Å². The second-order valence-electron chi connectivity index (χ2n) is 5.70. The number of benzene rings is 1. The largest absolute Gasteiger partial charge is 0.416 e. The third-order valence-electron chi connectivity index (χ3n) is 3.85. The first-order valence-corrected chi connectivity index (χ1v) is 8.29. The summed E-state index contributed by atoms with van der Waals surface area (Å²) in [5, 5.41) is 1.93. The van der Waals surface area contributed by atoms with Crippen LogP contribution in [0, 0.1) is 0 Å². The predicted octanol–water partition coefficient (Wildman–Crippen LogP) is 4.50. The molecule has 0 unspecified atom stereocenters. The van der Waals surface area contributed by atoms with Gasteiger partial charge in [0.25, 0.3) is 0 Å². The Morgan fingerprint density at radius 1 is 1.17 bits per heavy atom. The molecule has 2 nitrogen and oxygen atoms in total. The van der Waals surface area contributed by atoms with Crippen molar-refractivity contribution in [3.8, 4) is 0 Å². The van der Waals surface area contributed by atoms with Crippen molar-refractivity contribution >= 4 is 17.2 Å². The fourth-order valence-electron chi connectivity index (χ4n) is 2.47. The third-order valence-corrected chi connectivity index (χ3v) is 4.72. The molecule has 3 rings (SSSR count). The zero-order chi connectivity index (χ0) is 16.4. The second-order valence-corrected chi connectivity index (χ2v) is 6.74. The van der Waals surface area contributed by atoms with Crippen LogP contribution in [-0.4, -0.2) is 16.8 Å². The number of carbonyl (C=O) groups is 1. The predicted molar refractivity (Wildman–Crippen MR) is 83.0 cm³/mol. The highest BCUT2D eigenvalue weighted by Gasteiger charge is 2.33. The normalized spacial score (nSPS) is 14.7. The molecule has 0 atom stereocenters. The molecule has 122 valence electrons. The van der Waals surface area contributed by atoms with Crippen molar-refractivity contribution < 1.29 is 18.0 Å². The Bertz CT molecular complexity index is 660. The van der Waals surface area contributed by atoms with Crippen LogP contribution in [-0.2, 0) is 23.9 Å². The maximum Gasteiger partial charge on any atom is 0.416 e. The van der Waals surface area contributed by atoms with Gasteiger partial charge in [0.1, 0.15) is 0 Å². The molecule has 2 aromatic rings. The van der Waals surface area contributed by atoms with E-state index >= 15 is 0 Å². The van der Waals surface area contributed by atoms with E-state index in [1.807, 2.05) is 17.5 Å². The van der Waals surface area contributed by atoms with Crippen LogP contribution >= 0.6 is 11.3 Å². The summed E-state index contributed by atoms with van der Waals surface area (Å²) in [6, 6.07) is 9.11. The Balaban J connectivity index is 1.69. The van der Waals surface area contributed by atoms with Gasteiger partial charge in [-0.1, -0.05) is 18.2 Å². The van der Waals surface area contributed by atoms with Crippen LogP contribution in [0.4, 0.5) is 13.2 Å². The van der Waals surface area contributed by atoms with Crippen molar-refractivity contribution in [2.75, 3.05) is 0 Å². The summed E-state index contributed by atoms with van der Waals surface area (Å²) in [4.78, 5) is 15.3. The van der Waals surface area contributed by atoms with E-state index in [1.54, 1.807) is 4.90 Å². The maximum absolute atomic E-state index is 12.6. The molecule has 1 heterocycles. The average molecular weight is 339 g/mol. The highest BCUT2D eigenvalue weighted by Crippen LogP contribution is 2.31. The van der Waals surface area contributed by atoms with Crippen LogP contribution in [0.25, 0.3) is 0 Å². The molecule has 0 N–H and O–H groups in total. The van der Waals surface area contributed by atoms with Crippen molar-refractivity contribution in [2.24, 2.45) is 0 Å². The first kappa shape index (κ1) is 16.1. The molecule has 1 amide bonds. The molecule has 0 aliphatic heterocycles. The van der Waals surface area contributed by atoms with E-state index in [2.05, 4.69) is 0 Å². The van der Waals surface area contributed by atoms with Gasteiger partial charge >= 0.3 is 6.18 Å². The number of hydrogen-bond acceptors (Lipinski definition) is 2. The maximum atomic E-state index is 12.6. The summed E-state index contributed by atoms with van der Waals surface area (Å²) < 4.78 is 37.8. The number of thiophene rings is 1. The highest BCUT2D eigenvalue weighted by molar-refractivity contribution is 7.10. The summed E-state index contributed by atoms with van der Waals surface area (Å²) in [7, 11) is 0. The molecule has 1 aliphatic carbocycles. The first-order chi connectivity index (χ1) is 10.9. The van der Waals surface area contributed by atoms with E-state index < -0.39 is 11.7 Å². The summed E-state index contributed by atoms with van der Waals surface area (Å²) in [6.45, 7) is 0.368. The second kappa shape index (κ2) is 6.35. The van der Waals surface area contributed by atoms with E-state index in [9.17, 15) is 18.0 Å². The summed E-state index contributed by atoms with van der Waals surface area (Å²) >= 11 is 1.54.